The van der Waals surface area contributed by atoms with E-state index < -0.39 is 5.82 Å². The Balaban J connectivity index is 0. The van der Waals surface area contributed by atoms with Gasteiger partial charge in [0, 0.05) is 30.3 Å². The number of pyridine rings is 1. The largest absolute Gasteiger partial charge is 0.383 e. The Bertz CT molecular complexity index is 1140. The molecule has 3 heterocycles. The molecule has 4 rings (SSSR count). The first-order chi connectivity index (χ1) is 15.8. The van der Waals surface area contributed by atoms with Gasteiger partial charge in [0.25, 0.3) is 0 Å². The fourth-order valence-corrected chi connectivity index (χ4v) is 2.38. The van der Waals surface area contributed by atoms with Crippen LogP contribution in [0.15, 0.2) is 48.9 Å². The molecule has 0 atom stereocenters. The predicted octanol–water partition coefficient (Wildman–Crippen LogP) is 6.04. The second-order valence-corrected chi connectivity index (χ2v) is 7.15. The van der Waals surface area contributed by atoms with Crippen LogP contribution in [0.4, 0.5) is 10.2 Å². The van der Waals surface area contributed by atoms with Gasteiger partial charge in [0.1, 0.15) is 17.3 Å². The van der Waals surface area contributed by atoms with Crippen LogP contribution in [0.5, 0.6) is 0 Å². The molecule has 8 heteroatoms. The number of nitrogens with one attached hydrogen (secondary N) is 1. The van der Waals surface area contributed by atoms with Gasteiger partial charge in [0.05, 0.1) is 6.20 Å². The SMILES string of the molecule is C.CCC.Cc1ccc(C)cc1.Cc1cnc(-c2c[nH]c3ncc(F)cc23)nc1N.O=CC=O.[HH]. The zero-order chi connectivity index (χ0) is 24.8. The van der Waals surface area contributed by atoms with Gasteiger partial charge in [-0.05, 0) is 26.8 Å². The van der Waals surface area contributed by atoms with Gasteiger partial charge in [-0.3, -0.25) is 9.59 Å². The number of nitrogens with two attached hydrogens (primary N) is 1. The number of benzene rings is 1. The smallest absolute Gasteiger partial charge is 0.182 e. The summed E-state index contributed by atoms with van der Waals surface area (Å²) in [5.41, 5.74) is 10.5. The number of nitrogen functional groups attached to an aromatic ring is 1. The molecular formula is C26H36FN5O2. The van der Waals surface area contributed by atoms with Gasteiger partial charge >= 0.3 is 0 Å². The molecule has 0 aliphatic heterocycles. The fourth-order valence-electron chi connectivity index (χ4n) is 2.38. The number of fused-ring (bicyclic) bond motifs is 1. The number of carbonyl (C=O) groups excluding carboxylic acids is 2. The molecule has 7 nitrogen and oxygen atoms in total. The van der Waals surface area contributed by atoms with E-state index in [1.54, 1.807) is 12.4 Å². The van der Waals surface area contributed by atoms with Gasteiger partial charge in [-0.25, -0.2) is 19.3 Å². The number of H-pyrrole nitrogens is 1. The van der Waals surface area contributed by atoms with Crippen molar-refractivity contribution in [1.29, 1.82) is 0 Å². The first-order valence-corrected chi connectivity index (χ1v) is 10.4. The first-order valence-electron chi connectivity index (χ1n) is 10.4. The number of nitrogens with zero attached hydrogens (tertiary/aromatic N) is 3. The Morgan fingerprint density at radius 1 is 1.00 bits per heavy atom. The van der Waals surface area contributed by atoms with Crippen molar-refractivity contribution in [2.45, 2.75) is 48.5 Å². The van der Waals surface area contributed by atoms with Crippen LogP contribution in [-0.2, 0) is 9.59 Å². The molecule has 0 fully saturated rings. The Morgan fingerprint density at radius 2 is 1.53 bits per heavy atom. The highest BCUT2D eigenvalue weighted by Crippen LogP contribution is 2.26. The number of hydrogen-bond donors (Lipinski definition) is 2. The number of aldehydes is 2. The van der Waals surface area contributed by atoms with Gasteiger partial charge in [-0.15, -0.1) is 0 Å². The van der Waals surface area contributed by atoms with E-state index in [-0.39, 0.29) is 21.4 Å². The number of carbonyl (C=O) groups is 2. The minimum absolute atomic E-state index is 0. The lowest BCUT2D eigenvalue weighted by Gasteiger charge is -2.01. The van der Waals surface area contributed by atoms with E-state index in [4.69, 9.17) is 15.3 Å². The van der Waals surface area contributed by atoms with Crippen molar-refractivity contribution in [3.8, 4) is 11.4 Å². The van der Waals surface area contributed by atoms with E-state index in [1.807, 2.05) is 6.92 Å². The van der Waals surface area contributed by atoms with Crippen LogP contribution in [0, 0.1) is 26.6 Å². The Hall–Kier alpha value is -3.94. The number of halogens is 1. The molecule has 0 saturated heterocycles. The van der Waals surface area contributed by atoms with E-state index >= 15 is 0 Å². The van der Waals surface area contributed by atoms with E-state index in [2.05, 4.69) is 71.9 Å². The van der Waals surface area contributed by atoms with Crippen LogP contribution >= 0.6 is 0 Å². The highest BCUT2D eigenvalue weighted by molar-refractivity contribution is 6.09. The van der Waals surface area contributed by atoms with Crippen molar-refractivity contribution in [1.82, 2.24) is 19.9 Å². The van der Waals surface area contributed by atoms with Crippen LogP contribution in [0.2, 0.25) is 0 Å². The third kappa shape index (κ3) is 9.68. The van der Waals surface area contributed by atoms with Crippen molar-refractivity contribution < 1.29 is 15.4 Å². The Morgan fingerprint density at radius 3 is 2.00 bits per heavy atom. The maximum Gasteiger partial charge on any atom is 0.182 e. The summed E-state index contributed by atoms with van der Waals surface area (Å²) < 4.78 is 13.2. The lowest BCUT2D eigenvalue weighted by Crippen LogP contribution is -1.98. The van der Waals surface area contributed by atoms with Crippen LogP contribution in [0.3, 0.4) is 0 Å². The molecule has 34 heavy (non-hydrogen) atoms. The van der Waals surface area contributed by atoms with Crippen molar-refractivity contribution in [3.05, 3.63) is 71.4 Å². The normalized spacial score (nSPS) is 9.12. The highest BCUT2D eigenvalue weighted by Gasteiger charge is 2.11. The zero-order valence-corrected chi connectivity index (χ0v) is 19.6. The summed E-state index contributed by atoms with van der Waals surface area (Å²) in [5, 5.41) is 0.637. The molecule has 0 aliphatic rings. The Labute approximate surface area is 202 Å². The summed E-state index contributed by atoms with van der Waals surface area (Å²) in [6.45, 7) is 10.3. The van der Waals surface area contributed by atoms with Gasteiger partial charge in [0.2, 0.25) is 0 Å². The van der Waals surface area contributed by atoms with Gasteiger partial charge in [-0.2, -0.15) is 0 Å². The molecule has 3 aromatic heterocycles. The lowest BCUT2D eigenvalue weighted by atomic mass is 10.2. The second-order valence-electron chi connectivity index (χ2n) is 7.15. The van der Waals surface area contributed by atoms with E-state index in [1.165, 1.54) is 23.6 Å². The molecule has 1 aromatic carbocycles. The standard InChI is InChI=1S/C12H10FN5.C8H10.C3H8.C2H2O2.CH4.H2/c1-6-3-15-12(18-10(6)14)9-5-17-11-8(9)2-7(13)4-16-11;1-7-3-5-8(2)6-4-7;1-3-2;3-1-2-4;;/h2-5H,1H3,(H,16,17)(H2,14,15,18);3-6H,1-2H3;3H2,1-2H3;1-2H;1H4;1H. The van der Waals surface area contributed by atoms with Crippen molar-refractivity contribution in [2.75, 3.05) is 5.73 Å². The molecule has 0 saturated carbocycles. The molecule has 0 unspecified atom stereocenters. The minimum Gasteiger partial charge on any atom is -0.383 e. The summed E-state index contributed by atoms with van der Waals surface area (Å²) in [5.74, 6) is 0.471. The Kier molecular flexibility index (Phi) is 14.0. The maximum atomic E-state index is 13.2. The predicted molar refractivity (Wildman–Crippen MR) is 139 cm³/mol. The topological polar surface area (TPSA) is 115 Å². The number of hydrogen-bond acceptors (Lipinski definition) is 6. The molecule has 0 radical (unpaired) electrons. The fraction of sp³-hybridized carbons (Fsp3) is 0.269. The molecular weight excluding hydrogens is 433 g/mol. The summed E-state index contributed by atoms with van der Waals surface area (Å²) in [6.07, 6.45) is 6.14. The highest BCUT2D eigenvalue weighted by atomic mass is 19.1. The third-order valence-electron chi connectivity index (χ3n) is 4.02. The van der Waals surface area contributed by atoms with E-state index in [0.29, 0.717) is 28.2 Å². The van der Waals surface area contributed by atoms with Crippen LogP contribution in [0.1, 0.15) is 45.8 Å². The summed E-state index contributed by atoms with van der Waals surface area (Å²) >= 11 is 0. The average Bonchev–Trinajstić information content (AvgIpc) is 3.22. The van der Waals surface area contributed by atoms with Crippen LogP contribution in [0.25, 0.3) is 22.4 Å². The molecule has 0 spiro atoms. The number of anilines is 1. The zero-order valence-electron chi connectivity index (χ0n) is 19.6. The third-order valence-corrected chi connectivity index (χ3v) is 4.02. The van der Waals surface area contributed by atoms with Crippen molar-refractivity contribution >= 4 is 29.4 Å². The van der Waals surface area contributed by atoms with Crippen LogP contribution < -0.4 is 5.73 Å². The molecule has 0 amide bonds. The first kappa shape index (κ1) is 30.1. The minimum atomic E-state index is -0.400. The van der Waals surface area contributed by atoms with Crippen molar-refractivity contribution in [2.24, 2.45) is 0 Å². The van der Waals surface area contributed by atoms with E-state index in [0.717, 1.165) is 11.8 Å². The molecule has 3 N–H and O–H groups in total. The lowest BCUT2D eigenvalue weighted by molar-refractivity contribution is -0.122. The number of aromatic amines is 1. The number of aromatic nitrogens is 4. The van der Waals surface area contributed by atoms with E-state index in [9.17, 15) is 4.39 Å². The van der Waals surface area contributed by atoms with Gasteiger partial charge in [-0.1, -0.05) is 63.1 Å². The summed E-state index contributed by atoms with van der Waals surface area (Å²) in [6, 6.07) is 9.88. The van der Waals surface area contributed by atoms with Gasteiger partial charge in [0.15, 0.2) is 18.4 Å². The molecule has 0 bridgehead atoms. The molecule has 184 valence electrons. The summed E-state index contributed by atoms with van der Waals surface area (Å²) in [7, 11) is 0. The van der Waals surface area contributed by atoms with Gasteiger partial charge < -0.3 is 10.7 Å². The second kappa shape index (κ2) is 15.8. The molecule has 0 aliphatic carbocycles. The maximum absolute atomic E-state index is 13.2. The number of aryl methyl sites for hydroxylation is 3. The monoisotopic (exact) mass is 469 g/mol. The summed E-state index contributed by atoms with van der Waals surface area (Å²) in [4.78, 5) is 32.9. The van der Waals surface area contributed by atoms with Crippen LogP contribution in [-0.4, -0.2) is 32.5 Å². The van der Waals surface area contributed by atoms with Crippen molar-refractivity contribution in [3.63, 3.8) is 0 Å². The average molecular weight is 470 g/mol. The quantitative estimate of drug-likeness (QED) is 0.273. The number of rotatable bonds is 2. The molecule has 4 aromatic rings.